The lowest BCUT2D eigenvalue weighted by molar-refractivity contribution is 0.101. The molecule has 0 bridgehead atoms. The van der Waals surface area contributed by atoms with Crippen molar-refractivity contribution in [2.24, 2.45) is 0 Å². The maximum Gasteiger partial charge on any atom is 0.159 e. The number of carbonyl (C=O) groups excluding carboxylic acids is 1. The number of nitrogens with zero attached hydrogens (tertiary/aromatic N) is 3. The minimum absolute atomic E-state index is 0. The molecule has 0 spiro atoms. The number of hydrogen-bond acceptors (Lipinski definition) is 4. The van der Waals surface area contributed by atoms with E-state index >= 15 is 0 Å². The number of ketones is 1. The van der Waals surface area contributed by atoms with Crippen molar-refractivity contribution < 1.29 is 4.79 Å². The average Bonchev–Trinajstić information content (AvgIpc) is 2.54. The first-order chi connectivity index (χ1) is 10.5. The van der Waals surface area contributed by atoms with E-state index in [1.165, 1.54) is 0 Å². The van der Waals surface area contributed by atoms with Gasteiger partial charge in [0.15, 0.2) is 5.78 Å². The normalized spacial score (nSPS) is 15.7. The molecule has 0 atom stereocenters. The molecule has 1 saturated heterocycles. The van der Waals surface area contributed by atoms with Crippen LogP contribution in [0.3, 0.4) is 0 Å². The van der Waals surface area contributed by atoms with E-state index in [9.17, 15) is 4.79 Å². The minimum atomic E-state index is 0. The van der Waals surface area contributed by atoms with E-state index in [0.29, 0.717) is 6.04 Å². The number of halogens is 1. The molecule has 1 fully saturated rings. The Bertz CT molecular complexity index is 694. The van der Waals surface area contributed by atoms with Crippen LogP contribution in [0.15, 0.2) is 30.3 Å². The summed E-state index contributed by atoms with van der Waals surface area (Å²) in [5, 5.41) is 1.03. The molecule has 1 aromatic heterocycles. The van der Waals surface area contributed by atoms with E-state index in [0.717, 1.165) is 48.5 Å². The van der Waals surface area contributed by atoms with Gasteiger partial charge in [-0.05, 0) is 51.1 Å². The Hall–Kier alpha value is -1.65. The first-order valence-corrected chi connectivity index (χ1v) is 7.95. The molecule has 1 aliphatic rings. The molecule has 1 aromatic carbocycles. The number of pyridine rings is 1. The van der Waals surface area contributed by atoms with Gasteiger partial charge >= 0.3 is 0 Å². The summed E-state index contributed by atoms with van der Waals surface area (Å²) in [4.78, 5) is 21.1. The number of Topliss-reactive ketones (excluding diaryl/α,β-unsaturated/α-hetero) is 1. The fourth-order valence-corrected chi connectivity index (χ4v) is 2.98. The van der Waals surface area contributed by atoms with Crippen molar-refractivity contribution >= 4 is 34.9 Å². The van der Waals surface area contributed by atoms with E-state index in [1.54, 1.807) is 6.92 Å². The highest BCUT2D eigenvalue weighted by molar-refractivity contribution is 5.98. The second kappa shape index (κ2) is 7.28. The fraction of sp³-hybridized carbons (Fsp3) is 0.444. The van der Waals surface area contributed by atoms with Gasteiger partial charge in [-0.2, -0.15) is 0 Å². The summed E-state index contributed by atoms with van der Waals surface area (Å²) in [6.07, 6.45) is 0. The molecule has 4 nitrogen and oxygen atoms in total. The van der Waals surface area contributed by atoms with E-state index < -0.39 is 0 Å². The lowest BCUT2D eigenvalue weighted by Gasteiger charge is -2.37. The zero-order valence-electron chi connectivity index (χ0n) is 14.0. The Morgan fingerprint density at radius 1 is 1.09 bits per heavy atom. The predicted molar refractivity (Wildman–Crippen MR) is 97.9 cm³/mol. The largest absolute Gasteiger partial charge is 0.354 e. The van der Waals surface area contributed by atoms with E-state index in [1.807, 2.05) is 18.2 Å². The van der Waals surface area contributed by atoms with Crippen LogP contribution in [0.1, 0.15) is 31.1 Å². The lowest BCUT2D eigenvalue weighted by atomic mass is 10.1. The number of piperazine rings is 1. The lowest BCUT2D eigenvalue weighted by Crippen LogP contribution is -2.49. The SMILES string of the molecule is CC(=O)c1ccc2nc(N3CCN(C(C)C)CC3)ccc2c1.Cl. The number of fused-ring (bicyclic) bond motifs is 1. The number of benzene rings is 1. The Balaban J connectivity index is 0.00000192. The minimum Gasteiger partial charge on any atom is -0.354 e. The molecule has 1 aliphatic heterocycles. The molecule has 5 heteroatoms. The molecule has 124 valence electrons. The Morgan fingerprint density at radius 2 is 1.78 bits per heavy atom. The van der Waals surface area contributed by atoms with Crippen molar-refractivity contribution in [3.63, 3.8) is 0 Å². The highest BCUT2D eigenvalue weighted by Gasteiger charge is 2.19. The van der Waals surface area contributed by atoms with Gasteiger partial charge in [0.05, 0.1) is 5.52 Å². The van der Waals surface area contributed by atoms with Gasteiger partial charge in [-0.15, -0.1) is 12.4 Å². The van der Waals surface area contributed by atoms with Gasteiger partial charge in [0.1, 0.15) is 5.82 Å². The molecule has 0 N–H and O–H groups in total. The van der Waals surface area contributed by atoms with Gasteiger partial charge in [0.2, 0.25) is 0 Å². The highest BCUT2D eigenvalue weighted by atomic mass is 35.5. The van der Waals surface area contributed by atoms with Crippen LogP contribution >= 0.6 is 12.4 Å². The van der Waals surface area contributed by atoms with Gasteiger partial charge in [0.25, 0.3) is 0 Å². The standard InChI is InChI=1S/C18H23N3O.ClH/c1-13(2)20-8-10-21(11-9-20)18-7-5-16-12-15(14(3)22)4-6-17(16)19-18;/h4-7,12-13H,8-11H2,1-3H3;1H. The molecule has 0 radical (unpaired) electrons. The van der Waals surface area contributed by atoms with Gasteiger partial charge < -0.3 is 4.90 Å². The third kappa shape index (κ3) is 3.82. The molecule has 23 heavy (non-hydrogen) atoms. The molecule has 2 heterocycles. The van der Waals surface area contributed by atoms with Gasteiger partial charge in [0, 0.05) is 43.2 Å². The molecule has 2 aromatic rings. The van der Waals surface area contributed by atoms with Crippen LogP contribution in [0, 0.1) is 0 Å². The molecule has 0 unspecified atom stereocenters. The zero-order chi connectivity index (χ0) is 15.7. The number of hydrogen-bond donors (Lipinski definition) is 0. The van der Waals surface area contributed by atoms with Crippen molar-refractivity contribution in [1.82, 2.24) is 9.88 Å². The first-order valence-electron chi connectivity index (χ1n) is 7.95. The highest BCUT2D eigenvalue weighted by Crippen LogP contribution is 2.21. The maximum atomic E-state index is 11.5. The maximum absolute atomic E-state index is 11.5. The average molecular weight is 334 g/mol. The third-order valence-electron chi connectivity index (χ3n) is 4.45. The first kappa shape index (κ1) is 17.7. The Kier molecular flexibility index (Phi) is 5.60. The molecule has 0 amide bonds. The quantitative estimate of drug-likeness (QED) is 0.807. The van der Waals surface area contributed by atoms with Crippen molar-refractivity contribution in [1.29, 1.82) is 0 Å². The molecule has 0 aliphatic carbocycles. The predicted octanol–water partition coefficient (Wildman–Crippen LogP) is 3.39. The van der Waals surface area contributed by atoms with Crippen LogP contribution in [0.5, 0.6) is 0 Å². The summed E-state index contributed by atoms with van der Waals surface area (Å²) in [6.45, 7) is 10.3. The summed E-state index contributed by atoms with van der Waals surface area (Å²) in [5.41, 5.74) is 1.70. The summed E-state index contributed by atoms with van der Waals surface area (Å²) < 4.78 is 0. The summed E-state index contributed by atoms with van der Waals surface area (Å²) >= 11 is 0. The Morgan fingerprint density at radius 3 is 2.39 bits per heavy atom. The molecular formula is C18H24ClN3O. The van der Waals surface area contributed by atoms with Crippen LogP contribution in [-0.2, 0) is 0 Å². The second-order valence-electron chi connectivity index (χ2n) is 6.25. The van der Waals surface area contributed by atoms with Gasteiger partial charge in [-0.25, -0.2) is 4.98 Å². The number of aromatic nitrogens is 1. The zero-order valence-corrected chi connectivity index (χ0v) is 14.8. The number of anilines is 1. The molecule has 3 rings (SSSR count). The summed E-state index contributed by atoms with van der Waals surface area (Å²) in [6, 6.07) is 10.5. The van der Waals surface area contributed by atoms with Crippen LogP contribution in [0.2, 0.25) is 0 Å². The van der Waals surface area contributed by atoms with Crippen LogP contribution in [-0.4, -0.2) is 47.9 Å². The van der Waals surface area contributed by atoms with E-state index in [4.69, 9.17) is 4.98 Å². The van der Waals surface area contributed by atoms with Crippen molar-refractivity contribution in [2.75, 3.05) is 31.1 Å². The summed E-state index contributed by atoms with van der Waals surface area (Å²) in [7, 11) is 0. The molecular weight excluding hydrogens is 310 g/mol. The van der Waals surface area contributed by atoms with Crippen molar-refractivity contribution in [2.45, 2.75) is 26.8 Å². The third-order valence-corrected chi connectivity index (χ3v) is 4.45. The van der Waals surface area contributed by atoms with Gasteiger partial charge in [-0.1, -0.05) is 0 Å². The van der Waals surface area contributed by atoms with Gasteiger partial charge in [-0.3, -0.25) is 9.69 Å². The van der Waals surface area contributed by atoms with Crippen LogP contribution in [0.4, 0.5) is 5.82 Å². The summed E-state index contributed by atoms with van der Waals surface area (Å²) in [5.74, 6) is 1.13. The Labute approximate surface area is 143 Å². The smallest absolute Gasteiger partial charge is 0.159 e. The number of rotatable bonds is 3. The number of carbonyl (C=O) groups is 1. The van der Waals surface area contributed by atoms with Crippen molar-refractivity contribution in [3.05, 3.63) is 35.9 Å². The molecule has 0 saturated carbocycles. The van der Waals surface area contributed by atoms with Crippen LogP contribution < -0.4 is 4.90 Å². The second-order valence-corrected chi connectivity index (χ2v) is 6.25. The van der Waals surface area contributed by atoms with Crippen molar-refractivity contribution in [3.8, 4) is 0 Å². The fourth-order valence-electron chi connectivity index (χ4n) is 2.98. The van der Waals surface area contributed by atoms with Crippen LogP contribution in [0.25, 0.3) is 10.9 Å². The van der Waals surface area contributed by atoms with E-state index in [2.05, 4.69) is 35.8 Å². The topological polar surface area (TPSA) is 36.4 Å². The van der Waals surface area contributed by atoms with E-state index in [-0.39, 0.29) is 18.2 Å². The monoisotopic (exact) mass is 333 g/mol.